The van der Waals surface area contributed by atoms with Crippen LogP contribution in [0.5, 0.6) is 11.5 Å². The average Bonchev–Trinajstić information content (AvgIpc) is 2.83. The van der Waals surface area contributed by atoms with Gasteiger partial charge < -0.3 is 9.47 Å². The van der Waals surface area contributed by atoms with Crippen LogP contribution in [0.3, 0.4) is 0 Å². The number of fused-ring (bicyclic) bond motifs is 1. The molecule has 4 aromatic rings. The number of nitrogens with zero attached hydrogens (tertiary/aromatic N) is 3. The van der Waals surface area contributed by atoms with Gasteiger partial charge in [-0.05, 0) is 36.4 Å². The molecule has 0 fully saturated rings. The normalized spacial score (nSPS) is 10.9. The van der Waals surface area contributed by atoms with Crippen LogP contribution in [0, 0.1) is 0 Å². The van der Waals surface area contributed by atoms with Gasteiger partial charge in [0.2, 0.25) is 0 Å². The van der Waals surface area contributed by atoms with Crippen molar-refractivity contribution in [2.45, 2.75) is 0 Å². The zero-order chi connectivity index (χ0) is 21.6. The molecule has 0 spiro atoms. The second-order valence-electron chi connectivity index (χ2n) is 6.57. The second-order valence-corrected chi connectivity index (χ2v) is 6.57. The predicted molar refractivity (Wildman–Crippen MR) is 120 cm³/mol. The van der Waals surface area contributed by atoms with Crippen LogP contribution in [-0.2, 0) is 0 Å². The number of amides is 1. The van der Waals surface area contributed by atoms with Crippen LogP contribution >= 0.6 is 0 Å². The van der Waals surface area contributed by atoms with Gasteiger partial charge in [-0.3, -0.25) is 9.78 Å². The largest absolute Gasteiger partial charge is 0.493 e. The SMILES string of the molecule is COc1cccc(/C=N\NC(=O)c2cc(-c3ccccn3)nc3ccccc23)c1OC. The first-order valence-corrected chi connectivity index (χ1v) is 9.57. The van der Waals surface area contributed by atoms with E-state index in [-0.39, 0.29) is 5.91 Å². The fourth-order valence-electron chi connectivity index (χ4n) is 3.24. The van der Waals surface area contributed by atoms with Crippen LogP contribution in [-0.4, -0.2) is 36.3 Å². The number of carbonyl (C=O) groups excluding carboxylic acids is 1. The summed E-state index contributed by atoms with van der Waals surface area (Å²) in [6.07, 6.45) is 3.21. The second kappa shape index (κ2) is 9.04. The highest BCUT2D eigenvalue weighted by molar-refractivity contribution is 6.07. The van der Waals surface area contributed by atoms with E-state index >= 15 is 0 Å². The Kier molecular flexibility index (Phi) is 5.84. The Morgan fingerprint density at radius 2 is 1.81 bits per heavy atom. The van der Waals surface area contributed by atoms with Crippen molar-refractivity contribution in [1.29, 1.82) is 0 Å². The number of methoxy groups -OCH3 is 2. The van der Waals surface area contributed by atoms with Crippen molar-refractivity contribution in [3.63, 3.8) is 0 Å². The van der Waals surface area contributed by atoms with Crippen molar-refractivity contribution in [3.8, 4) is 22.9 Å². The third-order valence-electron chi connectivity index (χ3n) is 4.69. The number of hydrazone groups is 1. The molecule has 0 saturated heterocycles. The quantitative estimate of drug-likeness (QED) is 0.381. The van der Waals surface area contributed by atoms with Crippen LogP contribution in [0.25, 0.3) is 22.3 Å². The molecule has 2 aromatic carbocycles. The van der Waals surface area contributed by atoms with Crippen LogP contribution in [0.4, 0.5) is 0 Å². The number of aromatic nitrogens is 2. The molecule has 7 nitrogen and oxygen atoms in total. The Labute approximate surface area is 179 Å². The fourth-order valence-corrected chi connectivity index (χ4v) is 3.24. The van der Waals surface area contributed by atoms with Gasteiger partial charge in [-0.2, -0.15) is 5.10 Å². The Morgan fingerprint density at radius 1 is 0.968 bits per heavy atom. The number of nitrogens with one attached hydrogen (secondary N) is 1. The molecule has 0 saturated carbocycles. The molecular formula is C24H20N4O3. The molecule has 0 unspecified atom stereocenters. The van der Waals surface area contributed by atoms with Crippen molar-refractivity contribution in [2.75, 3.05) is 14.2 Å². The van der Waals surface area contributed by atoms with Crippen molar-refractivity contribution in [3.05, 3.63) is 84.1 Å². The van der Waals surface area contributed by atoms with Gasteiger partial charge in [-0.15, -0.1) is 0 Å². The van der Waals surface area contributed by atoms with Gasteiger partial charge in [-0.25, -0.2) is 10.4 Å². The highest BCUT2D eigenvalue weighted by Crippen LogP contribution is 2.29. The van der Waals surface area contributed by atoms with Crippen LogP contribution < -0.4 is 14.9 Å². The van der Waals surface area contributed by atoms with Gasteiger partial charge in [0.15, 0.2) is 11.5 Å². The monoisotopic (exact) mass is 412 g/mol. The molecule has 2 heterocycles. The number of carbonyl (C=O) groups is 1. The zero-order valence-corrected chi connectivity index (χ0v) is 17.1. The lowest BCUT2D eigenvalue weighted by molar-refractivity contribution is 0.0956. The maximum Gasteiger partial charge on any atom is 0.272 e. The lowest BCUT2D eigenvalue weighted by Crippen LogP contribution is -2.18. The summed E-state index contributed by atoms with van der Waals surface area (Å²) in [4.78, 5) is 22.0. The summed E-state index contributed by atoms with van der Waals surface area (Å²) in [5, 5.41) is 4.85. The third-order valence-corrected chi connectivity index (χ3v) is 4.69. The highest BCUT2D eigenvalue weighted by Gasteiger charge is 2.14. The lowest BCUT2D eigenvalue weighted by Gasteiger charge is -2.10. The summed E-state index contributed by atoms with van der Waals surface area (Å²) in [7, 11) is 3.12. The molecule has 0 aliphatic heterocycles. The molecule has 0 atom stereocenters. The van der Waals surface area contributed by atoms with E-state index in [1.165, 1.54) is 6.21 Å². The van der Waals surface area contributed by atoms with Gasteiger partial charge in [0.1, 0.15) is 0 Å². The van der Waals surface area contributed by atoms with Gasteiger partial charge in [0.05, 0.1) is 42.9 Å². The van der Waals surface area contributed by atoms with Gasteiger partial charge in [0.25, 0.3) is 5.91 Å². The summed E-state index contributed by atoms with van der Waals surface area (Å²) in [5.74, 6) is 0.765. The number of hydrogen-bond donors (Lipinski definition) is 1. The lowest BCUT2D eigenvalue weighted by atomic mass is 10.1. The number of rotatable bonds is 6. The summed E-state index contributed by atoms with van der Waals surface area (Å²) >= 11 is 0. The van der Waals surface area contributed by atoms with Gasteiger partial charge >= 0.3 is 0 Å². The Hall–Kier alpha value is -4.26. The maximum absolute atomic E-state index is 13.0. The van der Waals surface area contributed by atoms with E-state index in [2.05, 4.69) is 20.5 Å². The molecular weight excluding hydrogens is 392 g/mol. The van der Waals surface area contributed by atoms with Crippen molar-refractivity contribution < 1.29 is 14.3 Å². The van der Waals surface area contributed by atoms with E-state index in [0.29, 0.717) is 39.5 Å². The number of ether oxygens (including phenoxy) is 2. The Balaban J connectivity index is 1.66. The smallest absolute Gasteiger partial charge is 0.272 e. The summed E-state index contributed by atoms with van der Waals surface area (Å²) in [5.41, 5.74) is 5.73. The number of benzene rings is 2. The van der Waals surface area contributed by atoms with E-state index in [9.17, 15) is 4.79 Å². The first kappa shape index (κ1) is 20.0. The molecule has 1 N–H and O–H groups in total. The molecule has 1 amide bonds. The fraction of sp³-hybridized carbons (Fsp3) is 0.0833. The minimum absolute atomic E-state index is 0.353. The van der Waals surface area contributed by atoms with Crippen molar-refractivity contribution >= 4 is 23.0 Å². The maximum atomic E-state index is 13.0. The summed E-state index contributed by atoms with van der Waals surface area (Å²) in [6, 6.07) is 20.2. The number of hydrogen-bond acceptors (Lipinski definition) is 6. The minimum atomic E-state index is -0.353. The molecule has 154 valence electrons. The Bertz CT molecular complexity index is 1260. The number of pyridine rings is 2. The third kappa shape index (κ3) is 4.20. The molecule has 0 aliphatic rings. The van der Waals surface area contributed by atoms with E-state index in [4.69, 9.17) is 9.47 Å². The first-order valence-electron chi connectivity index (χ1n) is 9.57. The molecule has 0 radical (unpaired) electrons. The standard InChI is InChI=1S/C24H20N4O3/c1-30-22-12-7-8-16(23(22)31-2)15-26-28-24(29)18-14-21(20-11-5-6-13-25-20)27-19-10-4-3-9-17(18)19/h3-15H,1-2H3,(H,28,29)/b26-15-. The van der Waals surface area contributed by atoms with E-state index in [1.807, 2.05) is 54.6 Å². The topological polar surface area (TPSA) is 85.7 Å². The van der Waals surface area contributed by atoms with Crippen molar-refractivity contribution in [2.24, 2.45) is 5.10 Å². The van der Waals surface area contributed by atoms with Crippen LogP contribution in [0.15, 0.2) is 78.0 Å². The summed E-state index contributed by atoms with van der Waals surface area (Å²) < 4.78 is 10.7. The molecule has 31 heavy (non-hydrogen) atoms. The highest BCUT2D eigenvalue weighted by atomic mass is 16.5. The predicted octanol–water partition coefficient (Wildman–Crippen LogP) is 4.08. The molecule has 7 heteroatoms. The average molecular weight is 412 g/mol. The van der Waals surface area contributed by atoms with Crippen LogP contribution in [0.2, 0.25) is 0 Å². The minimum Gasteiger partial charge on any atom is -0.493 e. The van der Waals surface area contributed by atoms with Gasteiger partial charge in [0, 0.05) is 17.1 Å². The Morgan fingerprint density at radius 3 is 2.58 bits per heavy atom. The zero-order valence-electron chi connectivity index (χ0n) is 17.1. The van der Waals surface area contributed by atoms with E-state index in [0.717, 1.165) is 5.39 Å². The summed E-state index contributed by atoms with van der Waals surface area (Å²) in [6.45, 7) is 0. The molecule has 0 bridgehead atoms. The molecule has 2 aromatic heterocycles. The van der Waals surface area contributed by atoms with Crippen LogP contribution in [0.1, 0.15) is 15.9 Å². The van der Waals surface area contributed by atoms with Crippen molar-refractivity contribution in [1.82, 2.24) is 15.4 Å². The van der Waals surface area contributed by atoms with E-state index < -0.39 is 0 Å². The van der Waals surface area contributed by atoms with E-state index in [1.54, 1.807) is 32.5 Å². The molecule has 0 aliphatic carbocycles. The molecule has 4 rings (SSSR count). The van der Waals surface area contributed by atoms with Gasteiger partial charge in [-0.1, -0.05) is 30.3 Å². The number of para-hydroxylation sites is 2. The first-order chi connectivity index (χ1) is 15.2.